The standard InChI is InChI=1S/C14H27N3O/c1-16-10-12(8-9-15)11-17(14(16)18)13-6-4-2-3-5-7-13/h12-13H,2-11,15H2,1H3. The molecule has 0 bridgehead atoms. The maximum atomic E-state index is 12.3. The lowest BCUT2D eigenvalue weighted by atomic mass is 9.98. The number of hydrogen-bond acceptors (Lipinski definition) is 2. The first-order valence-corrected chi connectivity index (χ1v) is 7.44. The number of nitrogens with two attached hydrogens (primary N) is 1. The maximum absolute atomic E-state index is 12.3. The molecule has 1 saturated heterocycles. The molecule has 0 aromatic heterocycles. The van der Waals surface area contributed by atoms with Crippen molar-refractivity contribution in [3.8, 4) is 0 Å². The minimum Gasteiger partial charge on any atom is -0.330 e. The Labute approximate surface area is 110 Å². The van der Waals surface area contributed by atoms with E-state index >= 15 is 0 Å². The third-order valence-corrected chi connectivity index (χ3v) is 4.40. The molecule has 104 valence electrons. The Morgan fingerprint density at radius 1 is 1.17 bits per heavy atom. The minimum atomic E-state index is 0.232. The fourth-order valence-electron chi connectivity index (χ4n) is 3.39. The number of nitrogens with zero attached hydrogens (tertiary/aromatic N) is 2. The average molecular weight is 253 g/mol. The maximum Gasteiger partial charge on any atom is 0.320 e. The monoisotopic (exact) mass is 253 g/mol. The first kappa shape index (κ1) is 13.7. The van der Waals surface area contributed by atoms with Crippen LogP contribution in [0.15, 0.2) is 0 Å². The first-order valence-electron chi connectivity index (χ1n) is 7.44. The highest BCUT2D eigenvalue weighted by Gasteiger charge is 2.33. The molecule has 2 N–H and O–H groups in total. The van der Waals surface area contributed by atoms with Gasteiger partial charge in [0.05, 0.1) is 0 Å². The molecule has 0 spiro atoms. The van der Waals surface area contributed by atoms with Crippen LogP contribution in [0, 0.1) is 5.92 Å². The normalized spacial score (nSPS) is 27.4. The molecule has 1 atom stereocenters. The summed E-state index contributed by atoms with van der Waals surface area (Å²) in [6, 6.07) is 0.707. The molecule has 1 aliphatic heterocycles. The zero-order chi connectivity index (χ0) is 13.0. The van der Waals surface area contributed by atoms with Crippen molar-refractivity contribution in [1.29, 1.82) is 0 Å². The lowest BCUT2D eigenvalue weighted by Gasteiger charge is -2.42. The number of amides is 2. The molecule has 1 saturated carbocycles. The van der Waals surface area contributed by atoms with Crippen LogP contribution in [0.5, 0.6) is 0 Å². The molecule has 4 nitrogen and oxygen atoms in total. The Kier molecular flexibility index (Phi) is 4.87. The molecule has 0 aromatic rings. The van der Waals surface area contributed by atoms with E-state index in [1.807, 2.05) is 11.9 Å². The third-order valence-electron chi connectivity index (χ3n) is 4.40. The van der Waals surface area contributed by atoms with Gasteiger partial charge in [-0.2, -0.15) is 0 Å². The van der Waals surface area contributed by atoms with Crippen molar-refractivity contribution in [3.63, 3.8) is 0 Å². The molecule has 18 heavy (non-hydrogen) atoms. The Bertz CT molecular complexity index is 274. The van der Waals surface area contributed by atoms with Crippen molar-refractivity contribution < 1.29 is 4.79 Å². The summed E-state index contributed by atoms with van der Waals surface area (Å²) >= 11 is 0. The van der Waals surface area contributed by atoms with Gasteiger partial charge in [-0.3, -0.25) is 0 Å². The summed E-state index contributed by atoms with van der Waals surface area (Å²) in [5, 5.41) is 0. The molecule has 0 radical (unpaired) electrons. The van der Waals surface area contributed by atoms with Gasteiger partial charge in [0.2, 0.25) is 0 Å². The molecule has 1 aliphatic carbocycles. The van der Waals surface area contributed by atoms with Crippen LogP contribution in [-0.2, 0) is 0 Å². The van der Waals surface area contributed by atoms with Gasteiger partial charge in [-0.1, -0.05) is 25.7 Å². The number of carbonyl (C=O) groups is 1. The third kappa shape index (κ3) is 3.16. The van der Waals surface area contributed by atoms with Crippen molar-refractivity contribution in [2.24, 2.45) is 11.7 Å². The van der Waals surface area contributed by atoms with Gasteiger partial charge in [0.1, 0.15) is 0 Å². The van der Waals surface area contributed by atoms with Crippen molar-refractivity contribution in [3.05, 3.63) is 0 Å². The molecule has 4 heteroatoms. The summed E-state index contributed by atoms with van der Waals surface area (Å²) in [7, 11) is 1.93. The highest BCUT2D eigenvalue weighted by Crippen LogP contribution is 2.26. The second kappa shape index (κ2) is 6.41. The van der Waals surface area contributed by atoms with E-state index in [4.69, 9.17) is 5.73 Å². The Balaban J connectivity index is 2.00. The van der Waals surface area contributed by atoms with E-state index in [9.17, 15) is 4.79 Å². The summed E-state index contributed by atoms with van der Waals surface area (Å²) in [5.74, 6) is 0.556. The van der Waals surface area contributed by atoms with E-state index < -0.39 is 0 Å². The fraction of sp³-hybridized carbons (Fsp3) is 0.929. The van der Waals surface area contributed by atoms with Gasteiger partial charge < -0.3 is 15.5 Å². The van der Waals surface area contributed by atoms with Gasteiger partial charge in [-0.05, 0) is 31.7 Å². The number of carbonyl (C=O) groups excluding carboxylic acids is 1. The largest absolute Gasteiger partial charge is 0.330 e. The van der Waals surface area contributed by atoms with E-state index in [-0.39, 0.29) is 6.03 Å². The van der Waals surface area contributed by atoms with Gasteiger partial charge in [0.25, 0.3) is 0 Å². The smallest absolute Gasteiger partial charge is 0.320 e. The fourth-order valence-corrected chi connectivity index (χ4v) is 3.39. The van der Waals surface area contributed by atoms with E-state index in [1.54, 1.807) is 0 Å². The summed E-state index contributed by atoms with van der Waals surface area (Å²) in [4.78, 5) is 16.3. The molecule has 2 fully saturated rings. The zero-order valence-corrected chi connectivity index (χ0v) is 11.6. The predicted octanol–water partition coefficient (Wildman–Crippen LogP) is 2.04. The molecule has 2 rings (SSSR count). The second-order valence-electron chi connectivity index (χ2n) is 5.90. The van der Waals surface area contributed by atoms with Crippen molar-refractivity contribution in [2.75, 3.05) is 26.7 Å². The van der Waals surface area contributed by atoms with Crippen LogP contribution < -0.4 is 5.73 Å². The van der Waals surface area contributed by atoms with Gasteiger partial charge in [0, 0.05) is 26.2 Å². The van der Waals surface area contributed by atoms with Crippen LogP contribution in [0.1, 0.15) is 44.9 Å². The van der Waals surface area contributed by atoms with Crippen LogP contribution in [-0.4, -0.2) is 48.6 Å². The average Bonchev–Trinajstić information content (AvgIpc) is 2.62. The van der Waals surface area contributed by atoms with Gasteiger partial charge in [-0.25, -0.2) is 4.79 Å². The van der Waals surface area contributed by atoms with E-state index in [0.717, 1.165) is 26.1 Å². The predicted molar refractivity (Wildman–Crippen MR) is 73.4 cm³/mol. The minimum absolute atomic E-state index is 0.232. The molecule has 1 unspecified atom stereocenters. The van der Waals surface area contributed by atoms with Gasteiger partial charge in [-0.15, -0.1) is 0 Å². The van der Waals surface area contributed by atoms with E-state index in [1.165, 1.54) is 38.5 Å². The van der Waals surface area contributed by atoms with Crippen LogP contribution in [0.2, 0.25) is 0 Å². The van der Waals surface area contributed by atoms with E-state index in [0.29, 0.717) is 12.0 Å². The summed E-state index contributed by atoms with van der Waals surface area (Å²) < 4.78 is 0. The van der Waals surface area contributed by atoms with Crippen molar-refractivity contribution in [1.82, 2.24) is 9.80 Å². The first-order chi connectivity index (χ1) is 8.72. The summed E-state index contributed by atoms with van der Waals surface area (Å²) in [6.07, 6.45) is 8.63. The SMILES string of the molecule is CN1CC(CCN)CN(C2CCCCCC2)C1=O. The summed E-state index contributed by atoms with van der Waals surface area (Å²) in [6.45, 7) is 2.52. The Morgan fingerprint density at radius 2 is 1.83 bits per heavy atom. The van der Waals surface area contributed by atoms with E-state index in [2.05, 4.69) is 4.90 Å². The van der Waals surface area contributed by atoms with Crippen molar-refractivity contribution >= 4 is 6.03 Å². The lowest BCUT2D eigenvalue weighted by molar-refractivity contribution is 0.0856. The molecular weight excluding hydrogens is 226 g/mol. The summed E-state index contributed by atoms with van der Waals surface area (Å²) in [5.41, 5.74) is 5.67. The highest BCUT2D eigenvalue weighted by atomic mass is 16.2. The molecule has 1 heterocycles. The number of urea groups is 1. The number of rotatable bonds is 3. The highest BCUT2D eigenvalue weighted by molar-refractivity contribution is 5.75. The second-order valence-corrected chi connectivity index (χ2v) is 5.90. The van der Waals surface area contributed by atoms with Crippen LogP contribution in [0.4, 0.5) is 4.79 Å². The molecule has 2 amide bonds. The quantitative estimate of drug-likeness (QED) is 0.783. The van der Waals surface area contributed by atoms with Crippen molar-refractivity contribution in [2.45, 2.75) is 51.0 Å². The topological polar surface area (TPSA) is 49.6 Å². The van der Waals surface area contributed by atoms with Crippen LogP contribution in [0.25, 0.3) is 0 Å². The molecule has 0 aromatic carbocycles. The van der Waals surface area contributed by atoms with Crippen LogP contribution in [0.3, 0.4) is 0 Å². The van der Waals surface area contributed by atoms with Crippen LogP contribution >= 0.6 is 0 Å². The van der Waals surface area contributed by atoms with Gasteiger partial charge >= 0.3 is 6.03 Å². The lowest BCUT2D eigenvalue weighted by Crippen LogP contribution is -2.55. The Hall–Kier alpha value is -0.770. The Morgan fingerprint density at radius 3 is 2.44 bits per heavy atom. The number of hydrogen-bond donors (Lipinski definition) is 1. The zero-order valence-electron chi connectivity index (χ0n) is 11.6. The molecular formula is C14H27N3O. The molecule has 2 aliphatic rings. The van der Waals surface area contributed by atoms with Gasteiger partial charge in [0.15, 0.2) is 0 Å².